The maximum atomic E-state index is 6.14. The van der Waals surface area contributed by atoms with E-state index in [-0.39, 0.29) is 6.04 Å². The van der Waals surface area contributed by atoms with E-state index >= 15 is 0 Å². The average Bonchev–Trinajstić information content (AvgIpc) is 2.42. The number of nitrogens with two attached hydrogens (primary N) is 1. The summed E-state index contributed by atoms with van der Waals surface area (Å²) < 4.78 is 1.05. The van der Waals surface area contributed by atoms with E-state index in [0.29, 0.717) is 18.5 Å². The summed E-state index contributed by atoms with van der Waals surface area (Å²) >= 11 is 9.72. The highest BCUT2D eigenvalue weighted by atomic mass is 79.9. The van der Waals surface area contributed by atoms with Crippen molar-refractivity contribution < 1.29 is 0 Å². The first-order chi connectivity index (χ1) is 9.94. The summed E-state index contributed by atoms with van der Waals surface area (Å²) in [7, 11) is 0. The van der Waals surface area contributed by atoms with E-state index < -0.39 is 0 Å². The third-order valence-electron chi connectivity index (χ3n) is 3.93. The molecule has 0 aromatic heterocycles. The second-order valence-electron chi connectivity index (χ2n) is 5.98. The number of benzene rings is 1. The van der Waals surface area contributed by atoms with E-state index in [2.05, 4.69) is 54.6 Å². The van der Waals surface area contributed by atoms with Crippen LogP contribution in [0, 0.1) is 5.92 Å². The van der Waals surface area contributed by atoms with Crippen LogP contribution in [0.5, 0.6) is 0 Å². The van der Waals surface area contributed by atoms with E-state index in [0.717, 1.165) is 28.9 Å². The molecule has 0 radical (unpaired) electrons. The Labute approximate surface area is 143 Å². The highest BCUT2D eigenvalue weighted by Crippen LogP contribution is 2.32. The van der Waals surface area contributed by atoms with Crippen molar-refractivity contribution in [2.24, 2.45) is 11.7 Å². The molecule has 1 unspecified atom stereocenters. The van der Waals surface area contributed by atoms with Gasteiger partial charge in [-0.2, -0.15) is 0 Å². The predicted molar refractivity (Wildman–Crippen MR) is 96.9 cm³/mol. The summed E-state index contributed by atoms with van der Waals surface area (Å²) in [5, 5.41) is 0.749. The Morgan fingerprint density at radius 1 is 1.24 bits per heavy atom. The van der Waals surface area contributed by atoms with Crippen LogP contribution in [0.1, 0.15) is 52.1 Å². The third kappa shape index (κ3) is 5.24. The molecule has 1 aromatic carbocycles. The topological polar surface area (TPSA) is 29.3 Å². The Balaban J connectivity index is 3.16. The van der Waals surface area contributed by atoms with Crippen molar-refractivity contribution in [1.82, 2.24) is 4.90 Å². The van der Waals surface area contributed by atoms with E-state index in [4.69, 9.17) is 17.3 Å². The first-order valence-electron chi connectivity index (χ1n) is 7.85. The smallest absolute Gasteiger partial charge is 0.0484 e. The van der Waals surface area contributed by atoms with Gasteiger partial charge in [0.2, 0.25) is 0 Å². The summed E-state index contributed by atoms with van der Waals surface area (Å²) in [6, 6.07) is 6.79. The molecule has 0 aliphatic heterocycles. The normalized spacial score (nSPS) is 13.4. The molecular formula is C17H28BrClN2. The van der Waals surface area contributed by atoms with Gasteiger partial charge in [-0.15, -0.1) is 0 Å². The van der Waals surface area contributed by atoms with Crippen molar-refractivity contribution in [3.63, 3.8) is 0 Å². The Hall–Kier alpha value is -0.0900. The molecule has 21 heavy (non-hydrogen) atoms. The van der Waals surface area contributed by atoms with Crippen molar-refractivity contribution in [2.45, 2.75) is 52.6 Å². The number of hydrogen-bond donors (Lipinski definition) is 1. The minimum absolute atomic E-state index is 0.226. The van der Waals surface area contributed by atoms with Gasteiger partial charge < -0.3 is 5.73 Å². The van der Waals surface area contributed by atoms with E-state index in [1.54, 1.807) is 0 Å². The van der Waals surface area contributed by atoms with Crippen molar-refractivity contribution in [3.8, 4) is 0 Å². The van der Waals surface area contributed by atoms with Gasteiger partial charge in [-0.25, -0.2) is 0 Å². The molecule has 0 heterocycles. The number of rotatable bonds is 8. The lowest BCUT2D eigenvalue weighted by atomic mass is 9.99. The van der Waals surface area contributed by atoms with Crippen LogP contribution >= 0.6 is 27.5 Å². The number of nitrogens with zero attached hydrogens (tertiary/aromatic N) is 1. The van der Waals surface area contributed by atoms with Crippen LogP contribution in [0.2, 0.25) is 5.02 Å². The molecule has 0 aliphatic rings. The monoisotopic (exact) mass is 374 g/mol. The molecule has 2 N–H and O–H groups in total. The quantitative estimate of drug-likeness (QED) is 0.672. The zero-order chi connectivity index (χ0) is 16.0. The highest BCUT2D eigenvalue weighted by molar-refractivity contribution is 9.10. The molecule has 1 atom stereocenters. The van der Waals surface area contributed by atoms with Crippen molar-refractivity contribution in [3.05, 3.63) is 33.3 Å². The fraction of sp³-hybridized carbons (Fsp3) is 0.647. The van der Waals surface area contributed by atoms with Crippen LogP contribution in [0.3, 0.4) is 0 Å². The van der Waals surface area contributed by atoms with Gasteiger partial charge in [0.25, 0.3) is 0 Å². The van der Waals surface area contributed by atoms with Crippen LogP contribution < -0.4 is 5.73 Å². The zero-order valence-electron chi connectivity index (χ0n) is 13.6. The molecule has 0 saturated heterocycles. The lowest BCUT2D eigenvalue weighted by Crippen LogP contribution is -2.43. The van der Waals surface area contributed by atoms with Gasteiger partial charge in [-0.1, -0.05) is 61.3 Å². The second-order valence-corrected chi connectivity index (χ2v) is 7.27. The fourth-order valence-corrected chi connectivity index (χ4v) is 3.87. The summed E-state index contributed by atoms with van der Waals surface area (Å²) in [6.45, 7) is 10.7. The molecule has 1 aromatic rings. The molecule has 0 fully saturated rings. The Morgan fingerprint density at radius 3 is 2.29 bits per heavy atom. The first-order valence-corrected chi connectivity index (χ1v) is 9.02. The van der Waals surface area contributed by atoms with E-state index in [1.807, 2.05) is 12.1 Å². The molecule has 0 spiro atoms. The standard InChI is InChI=1S/C17H28BrClN2/c1-5-14(6-2)21(11-12(3)4)17(10-20)15-8-7-13(19)9-16(15)18/h7-9,12,14,17H,5-6,10-11,20H2,1-4H3. The van der Waals surface area contributed by atoms with Crippen molar-refractivity contribution >= 4 is 27.5 Å². The van der Waals surface area contributed by atoms with E-state index in [9.17, 15) is 0 Å². The lowest BCUT2D eigenvalue weighted by molar-refractivity contribution is 0.112. The van der Waals surface area contributed by atoms with Crippen LogP contribution in [-0.4, -0.2) is 24.0 Å². The van der Waals surface area contributed by atoms with Crippen LogP contribution in [0.15, 0.2) is 22.7 Å². The van der Waals surface area contributed by atoms with Gasteiger partial charge in [0.1, 0.15) is 0 Å². The molecule has 120 valence electrons. The zero-order valence-corrected chi connectivity index (χ0v) is 15.9. The summed E-state index contributed by atoms with van der Waals surface area (Å²) in [5.41, 5.74) is 7.37. The maximum Gasteiger partial charge on any atom is 0.0484 e. The molecule has 2 nitrogen and oxygen atoms in total. The van der Waals surface area contributed by atoms with Crippen molar-refractivity contribution in [1.29, 1.82) is 0 Å². The Morgan fingerprint density at radius 2 is 1.86 bits per heavy atom. The molecule has 4 heteroatoms. The highest BCUT2D eigenvalue weighted by Gasteiger charge is 2.26. The average molecular weight is 376 g/mol. The second kappa shape index (κ2) is 9.14. The minimum atomic E-state index is 0.226. The Bertz CT molecular complexity index is 433. The van der Waals surface area contributed by atoms with Gasteiger partial charge in [0.15, 0.2) is 0 Å². The largest absolute Gasteiger partial charge is 0.329 e. The number of halogens is 2. The minimum Gasteiger partial charge on any atom is -0.329 e. The molecule has 1 rings (SSSR count). The summed E-state index contributed by atoms with van der Waals surface area (Å²) in [4.78, 5) is 2.57. The SMILES string of the molecule is CCC(CC)N(CC(C)C)C(CN)c1ccc(Cl)cc1Br. The third-order valence-corrected chi connectivity index (χ3v) is 4.85. The molecule has 0 saturated carbocycles. The van der Waals surface area contributed by atoms with Gasteiger partial charge in [-0.3, -0.25) is 4.90 Å². The fourth-order valence-electron chi connectivity index (χ4n) is 2.92. The van der Waals surface area contributed by atoms with Crippen LogP contribution in [0.4, 0.5) is 0 Å². The molecule has 0 amide bonds. The van der Waals surface area contributed by atoms with Crippen LogP contribution in [0.25, 0.3) is 0 Å². The summed E-state index contributed by atoms with van der Waals surface area (Å²) in [6.07, 6.45) is 2.29. The number of hydrogen-bond acceptors (Lipinski definition) is 2. The lowest BCUT2D eigenvalue weighted by Gasteiger charge is -2.39. The molecular weight excluding hydrogens is 348 g/mol. The van der Waals surface area contributed by atoms with Crippen molar-refractivity contribution in [2.75, 3.05) is 13.1 Å². The predicted octanol–water partition coefficient (Wildman–Crippen LogP) is 5.25. The molecule has 0 aliphatic carbocycles. The van der Waals surface area contributed by atoms with Gasteiger partial charge in [0.05, 0.1) is 0 Å². The molecule has 0 bridgehead atoms. The van der Waals surface area contributed by atoms with Gasteiger partial charge in [0, 0.05) is 34.7 Å². The van der Waals surface area contributed by atoms with Crippen LogP contribution in [-0.2, 0) is 0 Å². The Kier molecular flexibility index (Phi) is 8.25. The summed E-state index contributed by atoms with van der Waals surface area (Å²) in [5.74, 6) is 0.616. The first kappa shape index (κ1) is 19.0. The van der Waals surface area contributed by atoms with Gasteiger partial charge >= 0.3 is 0 Å². The van der Waals surface area contributed by atoms with E-state index in [1.165, 1.54) is 5.56 Å². The van der Waals surface area contributed by atoms with Gasteiger partial charge in [-0.05, 0) is 36.5 Å². The maximum absolute atomic E-state index is 6.14.